The van der Waals surface area contributed by atoms with Crippen LogP contribution in [0.4, 0.5) is 0 Å². The second kappa shape index (κ2) is 5.82. The molecule has 6 heteroatoms. The molecule has 96 valence electrons. The van der Waals surface area contributed by atoms with Gasteiger partial charge < -0.3 is 9.26 Å². The summed E-state index contributed by atoms with van der Waals surface area (Å²) < 4.78 is 10.5. The zero-order chi connectivity index (χ0) is 13.0. The van der Waals surface area contributed by atoms with E-state index in [-0.39, 0.29) is 0 Å². The number of rotatable bonds is 5. The molecule has 0 aliphatic rings. The Morgan fingerprint density at radius 3 is 2.83 bits per heavy atom. The van der Waals surface area contributed by atoms with Crippen LogP contribution in [0.1, 0.15) is 29.8 Å². The van der Waals surface area contributed by atoms with E-state index in [0.717, 1.165) is 23.5 Å². The molecule has 0 atom stereocenters. The molecule has 0 N–H and O–H groups in total. The molecule has 18 heavy (non-hydrogen) atoms. The summed E-state index contributed by atoms with van der Waals surface area (Å²) in [5.74, 6) is 1.49. The average molecular weight is 268 g/mol. The van der Waals surface area contributed by atoms with Gasteiger partial charge in [-0.2, -0.15) is 0 Å². The van der Waals surface area contributed by atoms with Gasteiger partial charge in [0.25, 0.3) is 0 Å². The number of hydrogen-bond acceptors (Lipinski definition) is 5. The molecule has 0 bridgehead atoms. The molecule has 0 spiro atoms. The van der Waals surface area contributed by atoms with Crippen LogP contribution in [0.3, 0.4) is 0 Å². The van der Waals surface area contributed by atoms with E-state index in [9.17, 15) is 0 Å². The molecule has 2 aromatic heterocycles. The Bertz CT molecular complexity index is 528. The molecule has 0 fully saturated rings. The van der Waals surface area contributed by atoms with Gasteiger partial charge in [-0.1, -0.05) is 12.1 Å². The van der Waals surface area contributed by atoms with E-state index in [1.165, 1.54) is 0 Å². The van der Waals surface area contributed by atoms with Gasteiger partial charge in [0.15, 0.2) is 12.4 Å². The lowest BCUT2D eigenvalue weighted by molar-refractivity contribution is 0.239. The lowest BCUT2D eigenvalue weighted by Crippen LogP contribution is -2.03. The van der Waals surface area contributed by atoms with Gasteiger partial charge in [-0.3, -0.25) is 4.98 Å². The highest BCUT2D eigenvalue weighted by molar-refractivity contribution is 6.16. The number of hydrogen-bond donors (Lipinski definition) is 0. The summed E-state index contributed by atoms with van der Waals surface area (Å²) in [6, 6.07) is 1.82. The fraction of sp³-hybridized carbons (Fsp3) is 0.417. The van der Waals surface area contributed by atoms with Crippen molar-refractivity contribution >= 4 is 11.6 Å². The number of alkyl halides is 1. The fourth-order valence-corrected chi connectivity index (χ4v) is 1.75. The van der Waals surface area contributed by atoms with E-state index in [4.69, 9.17) is 20.9 Å². The number of ether oxygens (including phenoxy) is 1. The molecule has 2 aromatic rings. The summed E-state index contributed by atoms with van der Waals surface area (Å²) in [5, 5.41) is 3.78. The largest absolute Gasteiger partial charge is 0.468 e. The topological polar surface area (TPSA) is 61.0 Å². The van der Waals surface area contributed by atoms with E-state index in [2.05, 4.69) is 15.1 Å². The van der Waals surface area contributed by atoms with Crippen molar-refractivity contribution in [3.63, 3.8) is 0 Å². The van der Waals surface area contributed by atoms with Crippen LogP contribution in [0.5, 0.6) is 5.88 Å². The first-order valence-electron chi connectivity index (χ1n) is 5.68. The first-order valence-corrected chi connectivity index (χ1v) is 6.22. The summed E-state index contributed by atoms with van der Waals surface area (Å²) in [4.78, 5) is 8.57. The molecule has 0 radical (unpaired) electrons. The average Bonchev–Trinajstić information content (AvgIpc) is 2.81. The minimum Gasteiger partial charge on any atom is -0.468 e. The van der Waals surface area contributed by atoms with Crippen molar-refractivity contribution in [1.29, 1.82) is 0 Å². The van der Waals surface area contributed by atoms with E-state index in [1.54, 1.807) is 6.20 Å². The van der Waals surface area contributed by atoms with E-state index in [0.29, 0.717) is 24.1 Å². The lowest BCUT2D eigenvalue weighted by Gasteiger charge is -2.06. The van der Waals surface area contributed by atoms with Crippen LogP contribution in [-0.2, 0) is 18.9 Å². The van der Waals surface area contributed by atoms with E-state index < -0.39 is 0 Å². The summed E-state index contributed by atoms with van der Waals surface area (Å²) >= 11 is 5.77. The van der Waals surface area contributed by atoms with Gasteiger partial charge in [0, 0.05) is 6.07 Å². The zero-order valence-electron chi connectivity index (χ0n) is 10.3. The molecule has 0 amide bonds. The Morgan fingerprint density at radius 2 is 2.22 bits per heavy atom. The van der Waals surface area contributed by atoms with E-state index >= 15 is 0 Å². The van der Waals surface area contributed by atoms with Crippen LogP contribution >= 0.6 is 11.6 Å². The number of halogens is 1. The van der Waals surface area contributed by atoms with Crippen molar-refractivity contribution in [2.24, 2.45) is 0 Å². The van der Waals surface area contributed by atoms with Crippen LogP contribution in [0.2, 0.25) is 0 Å². The van der Waals surface area contributed by atoms with Crippen molar-refractivity contribution in [1.82, 2.24) is 15.1 Å². The quantitative estimate of drug-likeness (QED) is 0.780. The number of aryl methyl sites for hydroxylation is 2. The van der Waals surface area contributed by atoms with Crippen LogP contribution in [0.25, 0.3) is 0 Å². The molecule has 2 heterocycles. The molecule has 0 aliphatic carbocycles. The Kier molecular flexibility index (Phi) is 4.15. The van der Waals surface area contributed by atoms with Gasteiger partial charge in [-0.15, -0.1) is 11.6 Å². The Labute approximate surface area is 110 Å². The minimum absolute atomic E-state index is 0.291. The Balaban J connectivity index is 2.05. The Morgan fingerprint density at radius 1 is 1.39 bits per heavy atom. The van der Waals surface area contributed by atoms with Crippen LogP contribution in [-0.4, -0.2) is 15.1 Å². The molecule has 0 unspecified atom stereocenters. The van der Waals surface area contributed by atoms with Crippen LogP contribution < -0.4 is 4.74 Å². The highest BCUT2D eigenvalue weighted by Crippen LogP contribution is 2.14. The van der Waals surface area contributed by atoms with Gasteiger partial charge in [-0.05, 0) is 13.3 Å². The van der Waals surface area contributed by atoms with Crippen molar-refractivity contribution in [2.45, 2.75) is 32.8 Å². The molecule has 0 aliphatic heterocycles. The maximum atomic E-state index is 5.77. The number of nitrogens with zero attached hydrogens (tertiary/aromatic N) is 3. The second-order valence-electron chi connectivity index (χ2n) is 3.81. The summed E-state index contributed by atoms with van der Waals surface area (Å²) in [7, 11) is 0. The van der Waals surface area contributed by atoms with Gasteiger partial charge in [-0.25, -0.2) is 4.98 Å². The first kappa shape index (κ1) is 12.8. The van der Waals surface area contributed by atoms with E-state index in [1.807, 2.05) is 19.9 Å². The van der Waals surface area contributed by atoms with Crippen molar-refractivity contribution in [3.05, 3.63) is 35.1 Å². The molecular weight excluding hydrogens is 254 g/mol. The SMILES string of the molecule is CCc1nc(OCc2cc(C)no2)cnc1CCl. The maximum Gasteiger partial charge on any atom is 0.232 e. The van der Waals surface area contributed by atoms with Gasteiger partial charge >= 0.3 is 0 Å². The monoisotopic (exact) mass is 267 g/mol. The van der Waals surface area contributed by atoms with Gasteiger partial charge in [0.2, 0.25) is 5.88 Å². The van der Waals surface area contributed by atoms with Crippen molar-refractivity contribution in [3.8, 4) is 5.88 Å². The standard InChI is InChI=1S/C12H14ClN3O2/c1-3-10-11(5-13)14-6-12(15-10)17-7-9-4-8(2)16-18-9/h4,6H,3,5,7H2,1-2H3. The molecule has 0 saturated carbocycles. The third-order valence-corrected chi connectivity index (χ3v) is 2.66. The van der Waals surface area contributed by atoms with Crippen LogP contribution in [0.15, 0.2) is 16.8 Å². The third kappa shape index (κ3) is 2.98. The maximum absolute atomic E-state index is 5.77. The van der Waals surface area contributed by atoms with Crippen molar-refractivity contribution in [2.75, 3.05) is 0 Å². The van der Waals surface area contributed by atoms with Gasteiger partial charge in [0.1, 0.15) is 0 Å². The van der Waals surface area contributed by atoms with Crippen molar-refractivity contribution < 1.29 is 9.26 Å². The summed E-state index contributed by atoms with van der Waals surface area (Å²) in [5.41, 5.74) is 2.48. The second-order valence-corrected chi connectivity index (χ2v) is 4.08. The minimum atomic E-state index is 0.291. The third-order valence-electron chi connectivity index (χ3n) is 2.41. The fourth-order valence-electron chi connectivity index (χ4n) is 1.53. The summed E-state index contributed by atoms with van der Waals surface area (Å²) in [6.45, 7) is 4.15. The highest BCUT2D eigenvalue weighted by Gasteiger charge is 2.07. The predicted octanol–water partition coefficient (Wildman–Crippen LogP) is 2.65. The predicted molar refractivity (Wildman–Crippen MR) is 66.5 cm³/mol. The smallest absolute Gasteiger partial charge is 0.232 e. The number of aromatic nitrogens is 3. The molecule has 0 aromatic carbocycles. The zero-order valence-corrected chi connectivity index (χ0v) is 11.1. The molecule has 0 saturated heterocycles. The van der Waals surface area contributed by atoms with Crippen LogP contribution in [0, 0.1) is 6.92 Å². The Hall–Kier alpha value is -1.62. The summed E-state index contributed by atoms with van der Waals surface area (Å²) in [6.07, 6.45) is 2.34. The first-order chi connectivity index (χ1) is 8.72. The molecular formula is C12H14ClN3O2. The molecule has 2 rings (SSSR count). The molecule has 5 nitrogen and oxygen atoms in total. The normalized spacial score (nSPS) is 10.6. The highest BCUT2D eigenvalue weighted by atomic mass is 35.5. The lowest BCUT2D eigenvalue weighted by atomic mass is 10.3. The van der Waals surface area contributed by atoms with Gasteiger partial charge in [0.05, 0.1) is 29.2 Å².